The largest absolute Gasteiger partial charge is 0.395 e. The summed E-state index contributed by atoms with van der Waals surface area (Å²) in [6.07, 6.45) is 5.25. The molecule has 0 saturated heterocycles. The van der Waals surface area contributed by atoms with E-state index in [1.807, 2.05) is 29.2 Å². The zero-order valence-electron chi connectivity index (χ0n) is 8.56. The first-order valence-corrected chi connectivity index (χ1v) is 4.85. The summed E-state index contributed by atoms with van der Waals surface area (Å²) in [4.78, 5) is 1.90. The van der Waals surface area contributed by atoms with E-state index < -0.39 is 0 Å². The average molecular weight is 205 g/mol. The Bertz CT molecular complexity index is 320. The smallest absolute Gasteiger partial charge is 0.0606 e. The molecule has 3 heteroatoms. The highest BCUT2D eigenvalue weighted by atomic mass is 16.3. The minimum absolute atomic E-state index is 0.0664. The van der Waals surface area contributed by atoms with Crippen LogP contribution in [-0.2, 0) is 0 Å². The predicted octanol–water partition coefficient (Wildman–Crippen LogP) is 0.459. The molecule has 0 amide bonds. The summed E-state index contributed by atoms with van der Waals surface area (Å²) in [5.41, 5.74) is 1.78. The number of rotatable bonds is 5. The highest BCUT2D eigenvalue weighted by Gasteiger charge is 2.04. The zero-order chi connectivity index (χ0) is 11.1. The predicted molar refractivity (Wildman–Crippen MR) is 60.8 cm³/mol. The van der Waals surface area contributed by atoms with Gasteiger partial charge in [0.1, 0.15) is 0 Å². The Labute approximate surface area is 90.0 Å². The molecule has 2 N–H and O–H groups in total. The molecule has 0 aliphatic carbocycles. The minimum Gasteiger partial charge on any atom is -0.395 e. The molecule has 0 aromatic heterocycles. The molecule has 1 rings (SSSR count). The number of hydrogen-bond donors (Lipinski definition) is 2. The van der Waals surface area contributed by atoms with Gasteiger partial charge in [-0.15, -0.1) is 6.42 Å². The number of benzene rings is 1. The summed E-state index contributed by atoms with van der Waals surface area (Å²) in [6.45, 7) is 1.15. The SMILES string of the molecule is C#Cc1ccc(N(CCO)CCO)cc1. The lowest BCUT2D eigenvalue weighted by Crippen LogP contribution is -2.29. The molecule has 0 saturated carbocycles. The Morgan fingerprint density at radius 1 is 1.07 bits per heavy atom. The lowest BCUT2D eigenvalue weighted by molar-refractivity contribution is 0.281. The molecule has 0 atom stereocenters. The first-order valence-electron chi connectivity index (χ1n) is 4.85. The molecule has 0 radical (unpaired) electrons. The second-order valence-electron chi connectivity index (χ2n) is 3.13. The molecule has 15 heavy (non-hydrogen) atoms. The van der Waals surface area contributed by atoms with Crippen LogP contribution in [-0.4, -0.2) is 36.5 Å². The van der Waals surface area contributed by atoms with E-state index in [1.54, 1.807) is 0 Å². The Kier molecular flexibility index (Phi) is 4.69. The number of aliphatic hydroxyl groups excluding tert-OH is 2. The molecule has 0 aliphatic rings. The van der Waals surface area contributed by atoms with E-state index >= 15 is 0 Å². The first kappa shape index (κ1) is 11.6. The molecular weight excluding hydrogens is 190 g/mol. The molecule has 0 heterocycles. The molecule has 1 aromatic rings. The van der Waals surface area contributed by atoms with Gasteiger partial charge in [-0.05, 0) is 24.3 Å². The van der Waals surface area contributed by atoms with E-state index in [0.717, 1.165) is 11.3 Å². The van der Waals surface area contributed by atoms with Crippen molar-refractivity contribution in [1.29, 1.82) is 0 Å². The maximum absolute atomic E-state index is 8.87. The van der Waals surface area contributed by atoms with Crippen LogP contribution in [0.5, 0.6) is 0 Å². The van der Waals surface area contributed by atoms with Gasteiger partial charge >= 0.3 is 0 Å². The van der Waals surface area contributed by atoms with Gasteiger partial charge in [-0.3, -0.25) is 0 Å². The number of anilines is 1. The van der Waals surface area contributed by atoms with Gasteiger partial charge in [0, 0.05) is 24.3 Å². The van der Waals surface area contributed by atoms with Crippen LogP contribution in [0.15, 0.2) is 24.3 Å². The number of terminal acetylenes is 1. The van der Waals surface area contributed by atoms with Crippen LogP contribution < -0.4 is 4.90 Å². The second-order valence-corrected chi connectivity index (χ2v) is 3.13. The van der Waals surface area contributed by atoms with Crippen molar-refractivity contribution in [2.75, 3.05) is 31.2 Å². The summed E-state index contributed by atoms with van der Waals surface area (Å²) >= 11 is 0. The first-order chi connectivity index (χ1) is 7.31. The van der Waals surface area contributed by atoms with Crippen LogP contribution in [0, 0.1) is 12.3 Å². The maximum atomic E-state index is 8.87. The molecule has 1 aromatic carbocycles. The molecular formula is C12H15NO2. The van der Waals surface area contributed by atoms with Gasteiger partial charge in [-0.25, -0.2) is 0 Å². The summed E-state index contributed by atoms with van der Waals surface area (Å²) in [6, 6.07) is 7.47. The molecule has 0 spiro atoms. The van der Waals surface area contributed by atoms with Crippen LogP contribution in [0.2, 0.25) is 0 Å². The summed E-state index contributed by atoms with van der Waals surface area (Å²) in [5, 5.41) is 17.7. The molecule has 80 valence electrons. The van der Waals surface area contributed by atoms with Crippen molar-refractivity contribution in [3.63, 3.8) is 0 Å². The van der Waals surface area contributed by atoms with Crippen molar-refractivity contribution in [2.45, 2.75) is 0 Å². The van der Waals surface area contributed by atoms with Crippen molar-refractivity contribution >= 4 is 5.69 Å². The molecule has 0 unspecified atom stereocenters. The van der Waals surface area contributed by atoms with Crippen LogP contribution in [0.1, 0.15) is 5.56 Å². The summed E-state index contributed by atoms with van der Waals surface area (Å²) < 4.78 is 0. The van der Waals surface area contributed by atoms with Crippen molar-refractivity contribution < 1.29 is 10.2 Å². The maximum Gasteiger partial charge on any atom is 0.0606 e. The van der Waals surface area contributed by atoms with Crippen molar-refractivity contribution in [3.05, 3.63) is 29.8 Å². The zero-order valence-corrected chi connectivity index (χ0v) is 8.56. The van der Waals surface area contributed by atoms with Crippen LogP contribution in [0.4, 0.5) is 5.69 Å². The Hall–Kier alpha value is -1.50. The lowest BCUT2D eigenvalue weighted by atomic mass is 10.2. The molecule has 0 aliphatic heterocycles. The van der Waals surface area contributed by atoms with Gasteiger partial charge in [0.05, 0.1) is 13.2 Å². The van der Waals surface area contributed by atoms with Crippen molar-refractivity contribution in [2.24, 2.45) is 0 Å². The number of aliphatic hydroxyl groups is 2. The third-order valence-electron chi connectivity index (χ3n) is 2.14. The van der Waals surface area contributed by atoms with E-state index in [-0.39, 0.29) is 13.2 Å². The Morgan fingerprint density at radius 3 is 2.00 bits per heavy atom. The Morgan fingerprint density at radius 2 is 1.60 bits per heavy atom. The number of hydrogen-bond acceptors (Lipinski definition) is 3. The van der Waals surface area contributed by atoms with Crippen molar-refractivity contribution in [1.82, 2.24) is 0 Å². The van der Waals surface area contributed by atoms with E-state index in [1.165, 1.54) is 0 Å². The van der Waals surface area contributed by atoms with Gasteiger partial charge in [0.15, 0.2) is 0 Å². The average Bonchev–Trinajstić information content (AvgIpc) is 2.29. The van der Waals surface area contributed by atoms with Gasteiger partial charge in [-0.2, -0.15) is 0 Å². The second kappa shape index (κ2) is 6.07. The fraction of sp³-hybridized carbons (Fsp3) is 0.333. The number of nitrogens with zero attached hydrogens (tertiary/aromatic N) is 1. The van der Waals surface area contributed by atoms with E-state index in [0.29, 0.717) is 13.1 Å². The Balaban J connectivity index is 2.77. The standard InChI is InChI=1S/C12H15NO2/c1-2-11-3-5-12(6-4-11)13(7-9-14)8-10-15/h1,3-6,14-15H,7-10H2. The fourth-order valence-corrected chi connectivity index (χ4v) is 1.38. The normalized spacial score (nSPS) is 9.67. The highest BCUT2D eigenvalue weighted by molar-refractivity contribution is 5.50. The van der Waals surface area contributed by atoms with Gasteiger partial charge < -0.3 is 15.1 Å². The van der Waals surface area contributed by atoms with Gasteiger partial charge in [0.2, 0.25) is 0 Å². The third-order valence-corrected chi connectivity index (χ3v) is 2.14. The highest BCUT2D eigenvalue weighted by Crippen LogP contribution is 2.14. The lowest BCUT2D eigenvalue weighted by Gasteiger charge is -2.22. The van der Waals surface area contributed by atoms with Gasteiger partial charge in [-0.1, -0.05) is 5.92 Å². The van der Waals surface area contributed by atoms with E-state index in [4.69, 9.17) is 16.6 Å². The third kappa shape index (κ3) is 3.28. The van der Waals surface area contributed by atoms with E-state index in [9.17, 15) is 0 Å². The quantitative estimate of drug-likeness (QED) is 0.686. The van der Waals surface area contributed by atoms with Crippen molar-refractivity contribution in [3.8, 4) is 12.3 Å². The molecule has 0 bridgehead atoms. The minimum atomic E-state index is 0.0664. The van der Waals surface area contributed by atoms with Crippen LogP contribution >= 0.6 is 0 Å². The summed E-state index contributed by atoms with van der Waals surface area (Å²) in [5.74, 6) is 2.54. The van der Waals surface area contributed by atoms with Gasteiger partial charge in [0.25, 0.3) is 0 Å². The van der Waals surface area contributed by atoms with E-state index in [2.05, 4.69) is 5.92 Å². The summed E-state index contributed by atoms with van der Waals surface area (Å²) in [7, 11) is 0. The fourth-order valence-electron chi connectivity index (χ4n) is 1.38. The molecule has 0 fully saturated rings. The van der Waals surface area contributed by atoms with Crippen LogP contribution in [0.3, 0.4) is 0 Å². The monoisotopic (exact) mass is 205 g/mol. The van der Waals surface area contributed by atoms with Crippen LogP contribution in [0.25, 0.3) is 0 Å². The topological polar surface area (TPSA) is 43.7 Å². The molecule has 3 nitrogen and oxygen atoms in total.